The van der Waals surface area contributed by atoms with Crippen LogP contribution in [0, 0.1) is 6.92 Å². The average molecular weight is 572 g/mol. The van der Waals surface area contributed by atoms with Crippen LogP contribution in [0.4, 0.5) is 11.4 Å². The van der Waals surface area contributed by atoms with Crippen molar-refractivity contribution in [2.75, 3.05) is 16.2 Å². The Kier molecular flexibility index (Phi) is 8.82. The van der Waals surface area contributed by atoms with E-state index in [1.807, 2.05) is 42.5 Å². The highest BCUT2D eigenvalue weighted by Gasteiger charge is 2.28. The minimum Gasteiger partial charge on any atom is -0.323 e. The summed E-state index contributed by atoms with van der Waals surface area (Å²) in [7, 11) is -4.04. The third kappa shape index (κ3) is 6.87. The summed E-state index contributed by atoms with van der Waals surface area (Å²) in [6, 6.07) is 28.0. The van der Waals surface area contributed by atoms with Crippen molar-refractivity contribution in [2.45, 2.75) is 22.5 Å². The number of nitrogens with zero attached hydrogens (tertiary/aromatic N) is 1. The topological polar surface area (TPSA) is 66.5 Å². The minimum atomic E-state index is -4.04. The number of benzene rings is 4. The highest BCUT2D eigenvalue weighted by molar-refractivity contribution is 7.98. The van der Waals surface area contributed by atoms with Crippen molar-refractivity contribution in [3.8, 4) is 0 Å². The molecule has 0 spiro atoms. The van der Waals surface area contributed by atoms with E-state index in [2.05, 4.69) is 5.32 Å². The number of hydrogen-bond acceptors (Lipinski definition) is 4. The summed E-state index contributed by atoms with van der Waals surface area (Å²) in [5.41, 5.74) is 2.71. The smallest absolute Gasteiger partial charge is 0.264 e. The first-order valence-corrected chi connectivity index (χ1v) is 14.5. The number of carbonyl (C=O) groups excluding carboxylic acids is 1. The minimum absolute atomic E-state index is 0.0843. The summed E-state index contributed by atoms with van der Waals surface area (Å²) < 4.78 is 28.3. The van der Waals surface area contributed by atoms with Gasteiger partial charge < -0.3 is 5.32 Å². The molecule has 4 rings (SSSR count). The molecule has 4 aromatic rings. The predicted octanol–water partition coefficient (Wildman–Crippen LogP) is 7.43. The zero-order valence-electron chi connectivity index (χ0n) is 19.9. The van der Waals surface area contributed by atoms with E-state index in [9.17, 15) is 13.2 Å². The van der Waals surface area contributed by atoms with Crippen LogP contribution < -0.4 is 9.62 Å². The Bertz CT molecular complexity index is 1500. The lowest BCUT2D eigenvalue weighted by Crippen LogP contribution is -2.38. The number of hydrogen-bond donors (Lipinski definition) is 1. The largest absolute Gasteiger partial charge is 0.323 e. The second-order valence-corrected chi connectivity index (χ2v) is 12.0. The molecule has 0 fully saturated rings. The van der Waals surface area contributed by atoms with Crippen LogP contribution in [0.15, 0.2) is 107 Å². The van der Waals surface area contributed by atoms with Crippen molar-refractivity contribution in [3.63, 3.8) is 0 Å². The van der Waals surface area contributed by atoms with Crippen LogP contribution in [0.25, 0.3) is 0 Å². The molecule has 0 bridgehead atoms. The molecule has 1 N–H and O–H groups in total. The van der Waals surface area contributed by atoms with Crippen molar-refractivity contribution in [1.29, 1.82) is 0 Å². The van der Waals surface area contributed by atoms with Gasteiger partial charge >= 0.3 is 0 Å². The van der Waals surface area contributed by atoms with Crippen LogP contribution in [0.1, 0.15) is 11.1 Å². The van der Waals surface area contributed by atoms with Crippen molar-refractivity contribution < 1.29 is 13.2 Å². The standard InChI is InChI=1S/C28H24Cl2N2O3S2/c1-20-11-14-23(30)17-26(20)32(37(34,35)24-7-3-2-4-8-24)18-28(33)31-25-9-5-6-10-27(25)36-19-21-12-15-22(29)16-13-21/h2-17H,18-19H2,1H3,(H,31,33). The predicted molar refractivity (Wildman–Crippen MR) is 153 cm³/mol. The normalized spacial score (nSPS) is 11.2. The first-order valence-electron chi connectivity index (χ1n) is 11.3. The molecule has 4 aromatic carbocycles. The molecule has 0 aliphatic carbocycles. The van der Waals surface area contributed by atoms with E-state index in [4.69, 9.17) is 23.2 Å². The van der Waals surface area contributed by atoms with Gasteiger partial charge in [-0.15, -0.1) is 11.8 Å². The Morgan fingerprint density at radius 1 is 0.865 bits per heavy atom. The first kappa shape index (κ1) is 27.1. The van der Waals surface area contributed by atoms with Crippen LogP contribution in [0.2, 0.25) is 10.0 Å². The molecule has 0 aliphatic rings. The number of rotatable bonds is 9. The zero-order valence-corrected chi connectivity index (χ0v) is 23.0. The fourth-order valence-electron chi connectivity index (χ4n) is 3.63. The van der Waals surface area contributed by atoms with E-state index in [0.717, 1.165) is 14.8 Å². The molecule has 37 heavy (non-hydrogen) atoms. The molecule has 5 nitrogen and oxygen atoms in total. The molecule has 0 saturated heterocycles. The van der Waals surface area contributed by atoms with Gasteiger partial charge in [0.25, 0.3) is 10.0 Å². The summed E-state index contributed by atoms with van der Waals surface area (Å²) in [5, 5.41) is 3.94. The van der Waals surface area contributed by atoms with Gasteiger partial charge in [0.05, 0.1) is 16.3 Å². The fourth-order valence-corrected chi connectivity index (χ4v) is 6.38. The number of anilines is 2. The number of sulfonamides is 1. The highest BCUT2D eigenvalue weighted by Crippen LogP contribution is 2.32. The number of nitrogens with one attached hydrogen (secondary N) is 1. The molecule has 0 unspecified atom stereocenters. The third-order valence-electron chi connectivity index (χ3n) is 5.53. The number of aryl methyl sites for hydroxylation is 1. The summed E-state index contributed by atoms with van der Waals surface area (Å²) >= 11 is 13.7. The SMILES string of the molecule is Cc1ccc(Cl)cc1N(CC(=O)Nc1ccccc1SCc1ccc(Cl)cc1)S(=O)(=O)c1ccccc1. The van der Waals surface area contributed by atoms with Crippen molar-refractivity contribution >= 4 is 62.3 Å². The van der Waals surface area contributed by atoms with E-state index in [-0.39, 0.29) is 4.90 Å². The lowest BCUT2D eigenvalue weighted by atomic mass is 10.2. The molecule has 0 aliphatic heterocycles. The average Bonchev–Trinajstić information content (AvgIpc) is 2.89. The molecular weight excluding hydrogens is 547 g/mol. The fraction of sp³-hybridized carbons (Fsp3) is 0.107. The number of thioether (sulfide) groups is 1. The molecule has 0 saturated carbocycles. The summed E-state index contributed by atoms with van der Waals surface area (Å²) in [4.78, 5) is 14.2. The maximum Gasteiger partial charge on any atom is 0.264 e. The van der Waals surface area contributed by atoms with Gasteiger partial charge in [-0.3, -0.25) is 9.10 Å². The van der Waals surface area contributed by atoms with Gasteiger partial charge in [-0.05, 0) is 66.6 Å². The van der Waals surface area contributed by atoms with Crippen LogP contribution in [-0.4, -0.2) is 20.9 Å². The van der Waals surface area contributed by atoms with Crippen molar-refractivity contribution in [3.05, 3.63) is 118 Å². The molecule has 190 valence electrons. The van der Waals surface area contributed by atoms with Gasteiger partial charge in [-0.1, -0.05) is 71.7 Å². The van der Waals surface area contributed by atoms with E-state index in [0.29, 0.717) is 32.7 Å². The zero-order chi connectivity index (χ0) is 26.4. The molecule has 0 aromatic heterocycles. The van der Waals surface area contributed by atoms with Gasteiger partial charge in [0.1, 0.15) is 6.54 Å². The number of halogens is 2. The lowest BCUT2D eigenvalue weighted by Gasteiger charge is -2.26. The van der Waals surface area contributed by atoms with E-state index in [1.54, 1.807) is 61.2 Å². The third-order valence-corrected chi connectivity index (χ3v) is 8.93. The summed E-state index contributed by atoms with van der Waals surface area (Å²) in [6.07, 6.45) is 0. The first-order chi connectivity index (χ1) is 17.7. The maximum atomic E-state index is 13.6. The van der Waals surface area contributed by atoms with Crippen LogP contribution in [0.5, 0.6) is 0 Å². The number of para-hydroxylation sites is 1. The van der Waals surface area contributed by atoms with Gasteiger partial charge in [0.15, 0.2) is 0 Å². The Morgan fingerprint density at radius 2 is 1.51 bits per heavy atom. The Hall–Kier alpha value is -2.97. The number of amides is 1. The molecule has 9 heteroatoms. The molecular formula is C28H24Cl2N2O3S2. The summed E-state index contributed by atoms with van der Waals surface area (Å²) in [5.74, 6) is 0.207. The van der Waals surface area contributed by atoms with Gasteiger partial charge in [-0.2, -0.15) is 0 Å². The molecule has 0 atom stereocenters. The molecule has 0 heterocycles. The van der Waals surface area contributed by atoms with Gasteiger partial charge in [-0.25, -0.2) is 8.42 Å². The van der Waals surface area contributed by atoms with E-state index >= 15 is 0 Å². The van der Waals surface area contributed by atoms with E-state index < -0.39 is 22.5 Å². The Morgan fingerprint density at radius 3 is 2.24 bits per heavy atom. The van der Waals surface area contributed by atoms with Crippen molar-refractivity contribution in [2.24, 2.45) is 0 Å². The molecule has 0 radical (unpaired) electrons. The Balaban J connectivity index is 1.59. The van der Waals surface area contributed by atoms with Crippen LogP contribution >= 0.6 is 35.0 Å². The summed E-state index contributed by atoms with van der Waals surface area (Å²) in [6.45, 7) is 1.36. The quantitative estimate of drug-likeness (QED) is 0.212. The van der Waals surface area contributed by atoms with Crippen LogP contribution in [-0.2, 0) is 20.6 Å². The Labute approximate surface area is 231 Å². The van der Waals surface area contributed by atoms with Crippen LogP contribution in [0.3, 0.4) is 0 Å². The maximum absolute atomic E-state index is 13.6. The highest BCUT2D eigenvalue weighted by atomic mass is 35.5. The monoisotopic (exact) mass is 570 g/mol. The van der Waals surface area contributed by atoms with Crippen molar-refractivity contribution in [1.82, 2.24) is 0 Å². The second-order valence-electron chi connectivity index (χ2n) is 8.22. The molecule has 1 amide bonds. The lowest BCUT2D eigenvalue weighted by molar-refractivity contribution is -0.114. The number of carbonyl (C=O) groups is 1. The van der Waals surface area contributed by atoms with Gasteiger partial charge in [0.2, 0.25) is 5.91 Å². The van der Waals surface area contributed by atoms with E-state index in [1.165, 1.54) is 12.1 Å². The second kappa shape index (κ2) is 12.0. The van der Waals surface area contributed by atoms with Gasteiger partial charge in [0, 0.05) is 20.7 Å².